The summed E-state index contributed by atoms with van der Waals surface area (Å²) in [5.41, 5.74) is 3.10. The van der Waals surface area contributed by atoms with Crippen molar-refractivity contribution in [2.45, 2.75) is 0 Å². The van der Waals surface area contributed by atoms with Gasteiger partial charge in [-0.3, -0.25) is 4.79 Å². The lowest BCUT2D eigenvalue weighted by molar-refractivity contribution is 0.727. The first-order valence-corrected chi connectivity index (χ1v) is 8.88. The average Bonchev–Trinajstić information content (AvgIpc) is 3.16. The quantitative estimate of drug-likeness (QED) is 0.490. The minimum absolute atomic E-state index is 0.253. The van der Waals surface area contributed by atoms with Crippen LogP contribution in [-0.4, -0.2) is 24.8 Å². The zero-order chi connectivity index (χ0) is 18.9. The second-order valence-corrected chi connectivity index (χ2v) is 6.30. The highest BCUT2D eigenvalue weighted by Crippen LogP contribution is 2.26. The summed E-state index contributed by atoms with van der Waals surface area (Å²) in [5.74, 6) is 0. The average molecular weight is 365 g/mol. The number of para-hydroxylation sites is 2. The molecule has 5 rings (SSSR count). The van der Waals surface area contributed by atoms with Crippen molar-refractivity contribution in [3.63, 3.8) is 0 Å². The monoisotopic (exact) mass is 365 g/mol. The molecule has 0 amide bonds. The predicted octanol–water partition coefficient (Wildman–Crippen LogP) is 3.63. The van der Waals surface area contributed by atoms with Crippen molar-refractivity contribution in [1.29, 1.82) is 0 Å². The van der Waals surface area contributed by atoms with E-state index in [-0.39, 0.29) is 5.56 Å². The zero-order valence-corrected chi connectivity index (χ0v) is 14.8. The van der Waals surface area contributed by atoms with Crippen LogP contribution in [0.2, 0.25) is 0 Å². The standard InChI is InChI=1S/C22H15N5O/c28-22-19-20(16-10-4-1-5-11-16)24-26(17-12-6-2-7-13-17)21(19)23-25-27(22)18-14-8-3-9-15-18/h1-15H. The van der Waals surface area contributed by atoms with E-state index in [1.807, 2.05) is 91.0 Å². The van der Waals surface area contributed by atoms with E-state index in [1.165, 1.54) is 4.68 Å². The Morgan fingerprint density at radius 1 is 0.643 bits per heavy atom. The fraction of sp³-hybridized carbons (Fsp3) is 0. The van der Waals surface area contributed by atoms with E-state index in [0.29, 0.717) is 22.4 Å². The molecule has 5 aromatic rings. The van der Waals surface area contributed by atoms with Gasteiger partial charge in [-0.05, 0) is 24.3 Å². The van der Waals surface area contributed by atoms with Gasteiger partial charge >= 0.3 is 0 Å². The highest BCUT2D eigenvalue weighted by atomic mass is 16.1. The molecule has 0 spiro atoms. The molecule has 0 fully saturated rings. The SMILES string of the molecule is O=c1c2c(-c3ccccc3)nn(-c3ccccc3)c2nnn1-c1ccccc1. The minimum atomic E-state index is -0.253. The molecule has 28 heavy (non-hydrogen) atoms. The van der Waals surface area contributed by atoms with Crippen LogP contribution in [0.3, 0.4) is 0 Å². The van der Waals surface area contributed by atoms with Gasteiger partial charge in [-0.1, -0.05) is 71.9 Å². The van der Waals surface area contributed by atoms with Crippen LogP contribution in [0, 0.1) is 0 Å². The maximum atomic E-state index is 13.4. The number of benzene rings is 3. The van der Waals surface area contributed by atoms with Crippen molar-refractivity contribution in [3.8, 4) is 22.6 Å². The molecule has 2 heterocycles. The summed E-state index contributed by atoms with van der Waals surface area (Å²) in [6.07, 6.45) is 0. The van der Waals surface area contributed by atoms with Gasteiger partial charge in [0.15, 0.2) is 5.65 Å². The van der Waals surface area contributed by atoms with E-state index < -0.39 is 0 Å². The second-order valence-electron chi connectivity index (χ2n) is 6.30. The van der Waals surface area contributed by atoms with Crippen molar-refractivity contribution in [2.75, 3.05) is 0 Å². The third kappa shape index (κ3) is 2.59. The molecule has 6 heteroatoms. The molecule has 0 saturated heterocycles. The first kappa shape index (κ1) is 16.1. The molecular formula is C22H15N5O. The topological polar surface area (TPSA) is 65.6 Å². The summed E-state index contributed by atoms with van der Waals surface area (Å²) in [7, 11) is 0. The summed E-state index contributed by atoms with van der Waals surface area (Å²) < 4.78 is 2.98. The molecule has 0 radical (unpaired) electrons. The third-order valence-corrected chi connectivity index (χ3v) is 4.54. The number of hydrogen-bond donors (Lipinski definition) is 0. The summed E-state index contributed by atoms with van der Waals surface area (Å²) >= 11 is 0. The summed E-state index contributed by atoms with van der Waals surface area (Å²) in [6.45, 7) is 0. The Balaban J connectivity index is 1.86. The van der Waals surface area contributed by atoms with Crippen molar-refractivity contribution in [2.24, 2.45) is 0 Å². The molecule has 0 N–H and O–H groups in total. The lowest BCUT2D eigenvalue weighted by Crippen LogP contribution is -2.22. The van der Waals surface area contributed by atoms with Crippen LogP contribution in [0.25, 0.3) is 33.7 Å². The molecule has 0 saturated carbocycles. The minimum Gasteiger partial charge on any atom is -0.266 e. The van der Waals surface area contributed by atoms with Gasteiger partial charge in [0, 0.05) is 5.56 Å². The molecule has 3 aromatic carbocycles. The van der Waals surface area contributed by atoms with Crippen LogP contribution < -0.4 is 5.56 Å². The Labute approximate surface area is 160 Å². The van der Waals surface area contributed by atoms with E-state index in [4.69, 9.17) is 5.10 Å². The molecule has 0 aliphatic rings. The number of hydrogen-bond acceptors (Lipinski definition) is 4. The predicted molar refractivity (Wildman–Crippen MR) is 108 cm³/mol. The van der Waals surface area contributed by atoms with Gasteiger partial charge in [0.25, 0.3) is 5.56 Å². The largest absolute Gasteiger partial charge is 0.286 e. The van der Waals surface area contributed by atoms with Gasteiger partial charge in [-0.15, -0.1) is 5.10 Å². The molecular weight excluding hydrogens is 350 g/mol. The number of aromatic nitrogens is 5. The fourth-order valence-electron chi connectivity index (χ4n) is 3.22. The van der Waals surface area contributed by atoms with Crippen LogP contribution in [0.1, 0.15) is 0 Å². The van der Waals surface area contributed by atoms with Gasteiger partial charge in [-0.2, -0.15) is 9.78 Å². The van der Waals surface area contributed by atoms with Crippen LogP contribution in [0.15, 0.2) is 95.8 Å². The van der Waals surface area contributed by atoms with E-state index in [1.54, 1.807) is 4.68 Å². The molecule has 0 unspecified atom stereocenters. The highest BCUT2D eigenvalue weighted by molar-refractivity contribution is 5.91. The van der Waals surface area contributed by atoms with Crippen molar-refractivity contribution in [1.82, 2.24) is 24.8 Å². The fourth-order valence-corrected chi connectivity index (χ4v) is 3.22. The summed E-state index contributed by atoms with van der Waals surface area (Å²) in [5, 5.41) is 13.7. The van der Waals surface area contributed by atoms with Crippen LogP contribution in [0.4, 0.5) is 0 Å². The molecule has 0 atom stereocenters. The van der Waals surface area contributed by atoms with Crippen LogP contribution >= 0.6 is 0 Å². The molecule has 0 aliphatic carbocycles. The lowest BCUT2D eigenvalue weighted by atomic mass is 10.1. The summed E-state index contributed by atoms with van der Waals surface area (Å²) in [6, 6.07) is 28.5. The van der Waals surface area contributed by atoms with E-state index in [0.717, 1.165) is 11.3 Å². The molecule has 0 aliphatic heterocycles. The Kier molecular flexibility index (Phi) is 3.80. The van der Waals surface area contributed by atoms with E-state index in [2.05, 4.69) is 10.3 Å². The van der Waals surface area contributed by atoms with E-state index in [9.17, 15) is 4.79 Å². The Morgan fingerprint density at radius 3 is 1.79 bits per heavy atom. The van der Waals surface area contributed by atoms with Gasteiger partial charge in [0.2, 0.25) is 0 Å². The maximum Gasteiger partial charge on any atom is 0.286 e. The lowest BCUT2D eigenvalue weighted by Gasteiger charge is -2.04. The summed E-state index contributed by atoms with van der Waals surface area (Å²) in [4.78, 5) is 13.4. The van der Waals surface area contributed by atoms with Gasteiger partial charge in [0.1, 0.15) is 11.1 Å². The van der Waals surface area contributed by atoms with Crippen LogP contribution in [0.5, 0.6) is 0 Å². The molecule has 134 valence electrons. The molecule has 6 nitrogen and oxygen atoms in total. The maximum absolute atomic E-state index is 13.4. The zero-order valence-electron chi connectivity index (χ0n) is 14.8. The van der Waals surface area contributed by atoms with E-state index >= 15 is 0 Å². The van der Waals surface area contributed by atoms with Gasteiger partial charge in [-0.25, -0.2) is 4.68 Å². The number of rotatable bonds is 3. The normalized spacial score (nSPS) is 11.0. The molecule has 2 aromatic heterocycles. The second kappa shape index (κ2) is 6.59. The Morgan fingerprint density at radius 2 is 1.18 bits per heavy atom. The van der Waals surface area contributed by atoms with Crippen molar-refractivity contribution in [3.05, 3.63) is 101 Å². The number of nitrogens with zero attached hydrogens (tertiary/aromatic N) is 5. The first-order valence-electron chi connectivity index (χ1n) is 8.88. The van der Waals surface area contributed by atoms with Crippen molar-refractivity contribution >= 4 is 11.0 Å². The van der Waals surface area contributed by atoms with Crippen LogP contribution in [-0.2, 0) is 0 Å². The van der Waals surface area contributed by atoms with Crippen molar-refractivity contribution < 1.29 is 0 Å². The highest BCUT2D eigenvalue weighted by Gasteiger charge is 2.20. The third-order valence-electron chi connectivity index (χ3n) is 4.54. The molecule has 0 bridgehead atoms. The van der Waals surface area contributed by atoms with Gasteiger partial charge in [0.05, 0.1) is 11.4 Å². The van der Waals surface area contributed by atoms with Gasteiger partial charge < -0.3 is 0 Å². The Hall–Kier alpha value is -4.06. The number of fused-ring (bicyclic) bond motifs is 1. The smallest absolute Gasteiger partial charge is 0.266 e. The first-order chi connectivity index (χ1) is 13.8. The Bertz CT molecular complexity index is 1310.